The van der Waals surface area contributed by atoms with Crippen molar-refractivity contribution in [1.29, 1.82) is 0 Å². The normalized spacial score (nSPS) is 11.7. The lowest BCUT2D eigenvalue weighted by Gasteiger charge is -1.98. The van der Waals surface area contributed by atoms with E-state index < -0.39 is 0 Å². The average Bonchev–Trinajstić information content (AvgIpc) is 1.87. The number of Topliss-reactive ketones (excluding diaryl/α,β-unsaturated/α-hetero) is 1. The molecule has 0 aliphatic rings. The van der Waals surface area contributed by atoms with Crippen molar-refractivity contribution >= 4 is 5.78 Å². The standard InChI is InChI=1S/C10H18O/c1-4-6-9(3)8-10(11)7-5-2/h6H,4-5,7-8H2,1-3H3. The van der Waals surface area contributed by atoms with Gasteiger partial charge in [0.05, 0.1) is 0 Å². The van der Waals surface area contributed by atoms with E-state index >= 15 is 0 Å². The summed E-state index contributed by atoms with van der Waals surface area (Å²) in [5.74, 6) is 0.370. The van der Waals surface area contributed by atoms with Gasteiger partial charge in [0.2, 0.25) is 0 Å². The third-order valence-corrected chi connectivity index (χ3v) is 1.56. The van der Waals surface area contributed by atoms with Crippen molar-refractivity contribution in [3.05, 3.63) is 11.6 Å². The fraction of sp³-hybridized carbons (Fsp3) is 0.700. The molecule has 0 fully saturated rings. The monoisotopic (exact) mass is 154 g/mol. The van der Waals surface area contributed by atoms with E-state index in [1.54, 1.807) is 0 Å². The fourth-order valence-corrected chi connectivity index (χ4v) is 1.10. The van der Waals surface area contributed by atoms with Gasteiger partial charge in [-0.15, -0.1) is 0 Å². The zero-order valence-corrected chi connectivity index (χ0v) is 7.81. The molecule has 64 valence electrons. The highest BCUT2D eigenvalue weighted by molar-refractivity contribution is 5.80. The van der Waals surface area contributed by atoms with Crippen LogP contribution in [0.5, 0.6) is 0 Å². The van der Waals surface area contributed by atoms with Crippen LogP contribution in [0.25, 0.3) is 0 Å². The van der Waals surface area contributed by atoms with Crippen LogP contribution >= 0.6 is 0 Å². The second-order valence-corrected chi connectivity index (χ2v) is 2.92. The molecule has 0 atom stereocenters. The maximum Gasteiger partial charge on any atom is 0.136 e. The highest BCUT2D eigenvalue weighted by atomic mass is 16.1. The molecule has 0 spiro atoms. The van der Waals surface area contributed by atoms with Crippen LogP contribution in [0.15, 0.2) is 11.6 Å². The van der Waals surface area contributed by atoms with Crippen molar-refractivity contribution in [3.8, 4) is 0 Å². The van der Waals surface area contributed by atoms with E-state index in [1.165, 1.54) is 5.57 Å². The van der Waals surface area contributed by atoms with Crippen LogP contribution in [0.3, 0.4) is 0 Å². The van der Waals surface area contributed by atoms with E-state index in [2.05, 4.69) is 13.0 Å². The van der Waals surface area contributed by atoms with Crippen LogP contribution in [0, 0.1) is 0 Å². The van der Waals surface area contributed by atoms with Crippen molar-refractivity contribution in [2.45, 2.75) is 46.5 Å². The molecule has 0 saturated heterocycles. The predicted octanol–water partition coefficient (Wildman–Crippen LogP) is 3.10. The number of rotatable bonds is 5. The highest BCUT2D eigenvalue weighted by Crippen LogP contribution is 2.05. The van der Waals surface area contributed by atoms with Gasteiger partial charge in [-0.05, 0) is 19.8 Å². The zero-order valence-electron chi connectivity index (χ0n) is 7.81. The van der Waals surface area contributed by atoms with Crippen molar-refractivity contribution in [2.75, 3.05) is 0 Å². The summed E-state index contributed by atoms with van der Waals surface area (Å²) < 4.78 is 0. The SMILES string of the molecule is CCC=C(C)CC(=O)CCC. The number of hydrogen-bond donors (Lipinski definition) is 0. The summed E-state index contributed by atoms with van der Waals surface area (Å²) in [7, 11) is 0. The lowest BCUT2D eigenvalue weighted by Crippen LogP contribution is -1.96. The smallest absolute Gasteiger partial charge is 0.136 e. The lowest BCUT2D eigenvalue weighted by molar-refractivity contribution is -0.118. The molecule has 0 N–H and O–H groups in total. The minimum absolute atomic E-state index is 0.370. The van der Waals surface area contributed by atoms with Gasteiger partial charge in [0.15, 0.2) is 0 Å². The average molecular weight is 154 g/mol. The Hall–Kier alpha value is -0.590. The molecule has 1 nitrogen and oxygen atoms in total. The van der Waals surface area contributed by atoms with Crippen molar-refractivity contribution < 1.29 is 4.79 Å². The summed E-state index contributed by atoms with van der Waals surface area (Å²) in [6, 6.07) is 0. The van der Waals surface area contributed by atoms with Gasteiger partial charge < -0.3 is 0 Å². The van der Waals surface area contributed by atoms with Crippen LogP contribution in [0.2, 0.25) is 0 Å². The minimum Gasteiger partial charge on any atom is -0.299 e. The zero-order chi connectivity index (χ0) is 8.69. The van der Waals surface area contributed by atoms with Crippen LogP contribution in [-0.2, 0) is 4.79 Å². The quantitative estimate of drug-likeness (QED) is 0.556. The van der Waals surface area contributed by atoms with Crippen LogP contribution < -0.4 is 0 Å². The van der Waals surface area contributed by atoms with E-state index in [0.717, 1.165) is 19.3 Å². The Morgan fingerprint density at radius 1 is 1.36 bits per heavy atom. The Morgan fingerprint density at radius 2 is 2.00 bits per heavy atom. The Balaban J connectivity index is 3.66. The molecule has 0 aromatic carbocycles. The van der Waals surface area contributed by atoms with Gasteiger partial charge in [-0.1, -0.05) is 25.5 Å². The second kappa shape index (κ2) is 6.14. The lowest BCUT2D eigenvalue weighted by atomic mass is 10.1. The molecule has 0 aliphatic carbocycles. The molecule has 0 amide bonds. The Kier molecular flexibility index (Phi) is 5.81. The van der Waals surface area contributed by atoms with Gasteiger partial charge in [-0.25, -0.2) is 0 Å². The predicted molar refractivity (Wildman–Crippen MR) is 48.6 cm³/mol. The van der Waals surface area contributed by atoms with Gasteiger partial charge in [0.1, 0.15) is 5.78 Å². The topological polar surface area (TPSA) is 17.1 Å². The highest BCUT2D eigenvalue weighted by Gasteiger charge is 1.99. The van der Waals surface area contributed by atoms with Crippen molar-refractivity contribution in [1.82, 2.24) is 0 Å². The summed E-state index contributed by atoms with van der Waals surface area (Å²) >= 11 is 0. The first-order chi connectivity index (χ1) is 5.20. The van der Waals surface area contributed by atoms with E-state index in [0.29, 0.717) is 12.2 Å². The van der Waals surface area contributed by atoms with Gasteiger partial charge in [-0.3, -0.25) is 4.79 Å². The number of carbonyl (C=O) groups excluding carboxylic acids is 1. The van der Waals surface area contributed by atoms with Gasteiger partial charge in [-0.2, -0.15) is 0 Å². The maximum atomic E-state index is 11.1. The van der Waals surface area contributed by atoms with Crippen LogP contribution in [0.1, 0.15) is 46.5 Å². The van der Waals surface area contributed by atoms with Crippen LogP contribution in [0.4, 0.5) is 0 Å². The summed E-state index contributed by atoms with van der Waals surface area (Å²) in [5.41, 5.74) is 1.21. The first-order valence-corrected chi connectivity index (χ1v) is 4.38. The molecule has 0 radical (unpaired) electrons. The van der Waals surface area contributed by atoms with E-state index in [-0.39, 0.29) is 0 Å². The van der Waals surface area contributed by atoms with E-state index in [4.69, 9.17) is 0 Å². The van der Waals surface area contributed by atoms with E-state index in [1.807, 2.05) is 13.8 Å². The molecule has 0 aromatic rings. The van der Waals surface area contributed by atoms with Crippen molar-refractivity contribution in [3.63, 3.8) is 0 Å². The second-order valence-electron chi connectivity index (χ2n) is 2.92. The molecule has 0 aromatic heterocycles. The Bertz CT molecular complexity index is 145. The molecule has 11 heavy (non-hydrogen) atoms. The van der Waals surface area contributed by atoms with Crippen LogP contribution in [-0.4, -0.2) is 5.78 Å². The first-order valence-electron chi connectivity index (χ1n) is 4.38. The van der Waals surface area contributed by atoms with Gasteiger partial charge in [0.25, 0.3) is 0 Å². The molecule has 0 heterocycles. The number of ketones is 1. The largest absolute Gasteiger partial charge is 0.299 e. The minimum atomic E-state index is 0.370. The molecule has 0 aliphatic heterocycles. The maximum absolute atomic E-state index is 11.1. The molecule has 1 heteroatoms. The third kappa shape index (κ3) is 5.84. The molecule has 0 saturated carbocycles. The summed E-state index contributed by atoms with van der Waals surface area (Å²) in [6.07, 6.45) is 5.51. The van der Waals surface area contributed by atoms with Gasteiger partial charge in [0, 0.05) is 12.8 Å². The first kappa shape index (κ1) is 10.4. The van der Waals surface area contributed by atoms with E-state index in [9.17, 15) is 4.79 Å². The third-order valence-electron chi connectivity index (χ3n) is 1.56. The molecule has 0 rings (SSSR count). The fourth-order valence-electron chi connectivity index (χ4n) is 1.10. The summed E-state index contributed by atoms with van der Waals surface area (Å²) in [5, 5.41) is 0. The molecular weight excluding hydrogens is 136 g/mol. The number of hydrogen-bond acceptors (Lipinski definition) is 1. The molecule has 0 unspecified atom stereocenters. The molecular formula is C10H18O. The number of carbonyl (C=O) groups is 1. The summed E-state index contributed by atoms with van der Waals surface area (Å²) in [6.45, 7) is 6.15. The number of allylic oxidation sites excluding steroid dienone is 2. The molecule has 0 bridgehead atoms. The van der Waals surface area contributed by atoms with Gasteiger partial charge >= 0.3 is 0 Å². The van der Waals surface area contributed by atoms with Crippen molar-refractivity contribution in [2.24, 2.45) is 0 Å². The Morgan fingerprint density at radius 3 is 2.45 bits per heavy atom. The summed E-state index contributed by atoms with van der Waals surface area (Å²) in [4.78, 5) is 11.1. The Labute approximate surface area is 69.5 Å².